The van der Waals surface area contributed by atoms with Crippen LogP contribution in [0.3, 0.4) is 0 Å². The van der Waals surface area contributed by atoms with Crippen LogP contribution in [-0.2, 0) is 0 Å². The van der Waals surface area contributed by atoms with Gasteiger partial charge >= 0.3 is 0 Å². The van der Waals surface area contributed by atoms with E-state index in [1.807, 2.05) is 24.7 Å². The molecule has 2 aromatic rings. The molecule has 0 atom stereocenters. The van der Waals surface area contributed by atoms with Crippen LogP contribution in [0.2, 0.25) is 0 Å². The number of aromatic nitrogens is 2. The summed E-state index contributed by atoms with van der Waals surface area (Å²) in [6, 6.07) is 8.23. The normalized spacial score (nSPS) is 10.9. The molecule has 0 fully saturated rings. The van der Waals surface area contributed by atoms with Crippen molar-refractivity contribution in [1.82, 2.24) is 9.97 Å². The highest BCUT2D eigenvalue weighted by molar-refractivity contribution is 5.73. The van der Waals surface area contributed by atoms with Gasteiger partial charge in [0, 0.05) is 0 Å². The van der Waals surface area contributed by atoms with Crippen molar-refractivity contribution in [2.45, 2.75) is 19.8 Å². The lowest BCUT2D eigenvalue weighted by molar-refractivity contribution is -0.452. The van der Waals surface area contributed by atoms with Crippen LogP contribution in [0.1, 0.15) is 19.8 Å². The molecule has 0 saturated carbocycles. The minimum Gasteiger partial charge on any atom is -0.345 e. The standard InChI is InChI=1S/C14H18N4/c1-2-3-8-15-10-17-13-6-4-12(5-7-13)14-9-16-11-18-14/h4-7,9-11H,2-3,8H2,1H3,(H,15,17)(H,16,18)/p+1. The van der Waals surface area contributed by atoms with Gasteiger partial charge in [-0.3, -0.25) is 4.99 Å². The minimum atomic E-state index is 1.01. The molecule has 2 rings (SSSR count). The highest BCUT2D eigenvalue weighted by atomic mass is 14.9. The molecule has 0 bridgehead atoms. The number of unbranched alkanes of at least 4 members (excludes halogenated alkanes) is 1. The van der Waals surface area contributed by atoms with Crippen LogP contribution in [0, 0.1) is 0 Å². The maximum absolute atomic E-state index is 4.01. The number of benzene rings is 1. The van der Waals surface area contributed by atoms with Gasteiger partial charge in [0.1, 0.15) is 5.69 Å². The van der Waals surface area contributed by atoms with Gasteiger partial charge in [-0.15, -0.1) is 0 Å². The van der Waals surface area contributed by atoms with Gasteiger partial charge in [0.05, 0.1) is 24.8 Å². The lowest BCUT2D eigenvalue weighted by Crippen LogP contribution is -2.70. The molecule has 0 aliphatic heterocycles. The van der Waals surface area contributed by atoms with Crippen molar-refractivity contribution >= 4 is 12.0 Å². The van der Waals surface area contributed by atoms with E-state index < -0.39 is 0 Å². The first-order chi connectivity index (χ1) is 8.90. The zero-order valence-electron chi connectivity index (χ0n) is 10.6. The molecule has 1 aromatic heterocycles. The molecule has 0 amide bonds. The van der Waals surface area contributed by atoms with Gasteiger partial charge in [-0.25, -0.2) is 10.3 Å². The Morgan fingerprint density at radius 3 is 2.83 bits per heavy atom. The molecule has 18 heavy (non-hydrogen) atoms. The molecular weight excluding hydrogens is 224 g/mol. The molecule has 0 aliphatic carbocycles. The summed E-state index contributed by atoms with van der Waals surface area (Å²) in [5.74, 6) is 0. The van der Waals surface area contributed by atoms with Crippen LogP contribution >= 0.6 is 0 Å². The van der Waals surface area contributed by atoms with Crippen molar-refractivity contribution in [3.05, 3.63) is 36.8 Å². The fourth-order valence-corrected chi connectivity index (χ4v) is 1.65. The van der Waals surface area contributed by atoms with E-state index in [-0.39, 0.29) is 0 Å². The highest BCUT2D eigenvalue weighted by Gasteiger charge is 1.99. The van der Waals surface area contributed by atoms with Crippen molar-refractivity contribution < 1.29 is 4.99 Å². The summed E-state index contributed by atoms with van der Waals surface area (Å²) in [4.78, 5) is 10.3. The van der Waals surface area contributed by atoms with Gasteiger partial charge in [0.25, 0.3) is 0 Å². The number of imidazole rings is 1. The van der Waals surface area contributed by atoms with Gasteiger partial charge in [-0.2, -0.15) is 0 Å². The fraction of sp³-hybridized carbons (Fsp3) is 0.286. The van der Waals surface area contributed by atoms with Gasteiger partial charge in [0.15, 0.2) is 0 Å². The molecule has 3 N–H and O–H groups in total. The Balaban J connectivity index is 1.90. The first-order valence-electron chi connectivity index (χ1n) is 6.30. The van der Waals surface area contributed by atoms with Gasteiger partial charge in [0.2, 0.25) is 6.34 Å². The molecule has 1 heterocycles. The number of hydrogen-bond donors (Lipinski definition) is 3. The zero-order chi connectivity index (χ0) is 12.6. The smallest absolute Gasteiger partial charge is 0.234 e. The van der Waals surface area contributed by atoms with E-state index in [0.29, 0.717) is 0 Å². The first kappa shape index (κ1) is 12.4. The number of H-pyrrole nitrogens is 1. The van der Waals surface area contributed by atoms with Crippen molar-refractivity contribution in [2.24, 2.45) is 0 Å². The van der Waals surface area contributed by atoms with Crippen LogP contribution < -0.4 is 10.3 Å². The number of nitrogens with one attached hydrogen (secondary N) is 3. The summed E-state index contributed by atoms with van der Waals surface area (Å²) in [6.45, 7) is 3.19. The third-order valence-electron chi connectivity index (χ3n) is 2.71. The number of rotatable bonds is 6. The Morgan fingerprint density at radius 2 is 2.17 bits per heavy atom. The molecule has 94 valence electrons. The van der Waals surface area contributed by atoms with E-state index >= 15 is 0 Å². The molecule has 0 unspecified atom stereocenters. The third-order valence-corrected chi connectivity index (χ3v) is 2.71. The summed E-state index contributed by atoms with van der Waals surface area (Å²) in [7, 11) is 0. The predicted molar refractivity (Wildman–Crippen MR) is 74.4 cm³/mol. The number of nitrogens with zero attached hydrogens (tertiary/aromatic N) is 1. The average Bonchev–Trinajstić information content (AvgIpc) is 2.93. The Bertz CT molecular complexity index is 471. The Morgan fingerprint density at radius 1 is 1.33 bits per heavy atom. The molecule has 0 spiro atoms. The molecule has 0 aliphatic rings. The second-order valence-corrected chi connectivity index (χ2v) is 4.14. The van der Waals surface area contributed by atoms with Crippen molar-refractivity contribution in [3.8, 4) is 11.3 Å². The van der Waals surface area contributed by atoms with Crippen LogP contribution in [0.25, 0.3) is 11.3 Å². The van der Waals surface area contributed by atoms with E-state index in [0.717, 1.165) is 23.5 Å². The van der Waals surface area contributed by atoms with E-state index in [2.05, 4.69) is 39.3 Å². The van der Waals surface area contributed by atoms with Gasteiger partial charge < -0.3 is 4.98 Å². The maximum Gasteiger partial charge on any atom is 0.234 e. The van der Waals surface area contributed by atoms with E-state index in [1.165, 1.54) is 12.8 Å². The molecular formula is C14H19N4+. The fourth-order valence-electron chi connectivity index (χ4n) is 1.65. The predicted octanol–water partition coefficient (Wildman–Crippen LogP) is 1.40. The SMILES string of the molecule is CCCC[NH+]=CNc1ccc(-c2cnc[nH]2)cc1. The van der Waals surface area contributed by atoms with Crippen LogP contribution in [0.15, 0.2) is 36.8 Å². The number of aromatic amines is 1. The molecule has 4 nitrogen and oxygen atoms in total. The molecule has 1 aromatic carbocycles. The Labute approximate surface area is 107 Å². The summed E-state index contributed by atoms with van der Waals surface area (Å²) in [5.41, 5.74) is 3.24. The minimum absolute atomic E-state index is 1.01. The number of hydrogen-bond acceptors (Lipinski definition) is 1. The molecule has 0 radical (unpaired) electrons. The number of anilines is 1. The van der Waals surface area contributed by atoms with Crippen LogP contribution in [-0.4, -0.2) is 22.9 Å². The Hall–Kier alpha value is -2.10. The van der Waals surface area contributed by atoms with Gasteiger partial charge in [-0.05, 0) is 36.2 Å². The summed E-state index contributed by atoms with van der Waals surface area (Å²) in [5, 5.41) is 3.21. The topological polar surface area (TPSA) is 54.7 Å². The summed E-state index contributed by atoms with van der Waals surface area (Å²) in [6.07, 6.45) is 7.80. The highest BCUT2D eigenvalue weighted by Crippen LogP contribution is 2.18. The lowest BCUT2D eigenvalue weighted by Gasteiger charge is -1.98. The van der Waals surface area contributed by atoms with E-state index in [4.69, 9.17) is 0 Å². The monoisotopic (exact) mass is 243 g/mol. The van der Waals surface area contributed by atoms with Gasteiger partial charge in [-0.1, -0.05) is 13.3 Å². The largest absolute Gasteiger partial charge is 0.345 e. The average molecular weight is 243 g/mol. The van der Waals surface area contributed by atoms with Crippen molar-refractivity contribution in [1.29, 1.82) is 0 Å². The first-order valence-corrected chi connectivity index (χ1v) is 6.30. The van der Waals surface area contributed by atoms with Crippen molar-refractivity contribution in [3.63, 3.8) is 0 Å². The zero-order valence-corrected chi connectivity index (χ0v) is 10.6. The third kappa shape index (κ3) is 3.45. The summed E-state index contributed by atoms with van der Waals surface area (Å²) >= 11 is 0. The maximum atomic E-state index is 4.01. The Kier molecular flexibility index (Phi) is 4.53. The van der Waals surface area contributed by atoms with Crippen LogP contribution in [0.4, 0.5) is 5.69 Å². The van der Waals surface area contributed by atoms with E-state index in [9.17, 15) is 0 Å². The summed E-state index contributed by atoms with van der Waals surface area (Å²) < 4.78 is 0. The van der Waals surface area contributed by atoms with Crippen LogP contribution in [0.5, 0.6) is 0 Å². The van der Waals surface area contributed by atoms with E-state index in [1.54, 1.807) is 6.33 Å². The quantitative estimate of drug-likeness (QED) is 0.408. The molecule has 0 saturated heterocycles. The second kappa shape index (κ2) is 6.59. The van der Waals surface area contributed by atoms with Crippen molar-refractivity contribution in [2.75, 3.05) is 11.9 Å². The molecule has 4 heteroatoms. The lowest BCUT2D eigenvalue weighted by atomic mass is 10.1. The second-order valence-electron chi connectivity index (χ2n) is 4.14.